The predicted molar refractivity (Wildman–Crippen MR) is 92.7 cm³/mol. The third kappa shape index (κ3) is 3.22. The second-order valence-electron chi connectivity index (χ2n) is 6.15. The zero-order valence-corrected chi connectivity index (χ0v) is 14.9. The summed E-state index contributed by atoms with van der Waals surface area (Å²) in [5.41, 5.74) is 2.40. The first-order chi connectivity index (χ1) is 12.6. The van der Waals surface area contributed by atoms with E-state index in [0.717, 1.165) is 24.8 Å². The van der Waals surface area contributed by atoms with Crippen LogP contribution < -0.4 is 4.90 Å². The van der Waals surface area contributed by atoms with Crippen LogP contribution in [0.15, 0.2) is 29.5 Å². The summed E-state index contributed by atoms with van der Waals surface area (Å²) in [6.45, 7) is 0.0388. The van der Waals surface area contributed by atoms with Crippen LogP contribution in [0.2, 0.25) is 0 Å². The monoisotopic (exact) mass is 359 g/mol. The molecule has 7 heteroatoms. The predicted octanol–water partition coefficient (Wildman–Crippen LogP) is 1.99. The summed E-state index contributed by atoms with van der Waals surface area (Å²) in [7, 11) is 2.50. The number of hydrogen-bond acceptors (Lipinski definition) is 7. The molecule has 0 saturated carbocycles. The summed E-state index contributed by atoms with van der Waals surface area (Å²) in [6.07, 6.45) is 2.94. The van der Waals surface area contributed by atoms with Gasteiger partial charge in [-0.15, -0.1) is 0 Å². The minimum Gasteiger partial charge on any atom is -0.466 e. The van der Waals surface area contributed by atoms with Gasteiger partial charge in [-0.25, -0.2) is 9.59 Å². The summed E-state index contributed by atoms with van der Waals surface area (Å²) in [6, 6.07) is 5.41. The zero-order valence-electron chi connectivity index (χ0n) is 14.9. The van der Waals surface area contributed by atoms with Crippen molar-refractivity contribution in [1.29, 1.82) is 0 Å². The average Bonchev–Trinajstić information content (AvgIpc) is 2.87. The molecule has 0 radical (unpaired) electrons. The van der Waals surface area contributed by atoms with Gasteiger partial charge >= 0.3 is 11.9 Å². The lowest BCUT2D eigenvalue weighted by atomic mass is 9.98. The Labute approximate surface area is 151 Å². The van der Waals surface area contributed by atoms with Gasteiger partial charge in [0.25, 0.3) is 0 Å². The Hall–Kier alpha value is -2.67. The summed E-state index contributed by atoms with van der Waals surface area (Å²) in [5.74, 6) is -1.20. The molecule has 3 rings (SSSR count). The van der Waals surface area contributed by atoms with Gasteiger partial charge in [0, 0.05) is 17.7 Å². The molecule has 1 aromatic carbocycles. The number of anilines is 1. The van der Waals surface area contributed by atoms with Crippen LogP contribution in [0.25, 0.3) is 0 Å². The van der Waals surface area contributed by atoms with Crippen molar-refractivity contribution < 1.29 is 28.6 Å². The van der Waals surface area contributed by atoms with E-state index in [9.17, 15) is 14.4 Å². The van der Waals surface area contributed by atoms with Crippen molar-refractivity contribution in [3.63, 3.8) is 0 Å². The van der Waals surface area contributed by atoms with E-state index in [4.69, 9.17) is 14.2 Å². The van der Waals surface area contributed by atoms with Crippen molar-refractivity contribution >= 4 is 23.4 Å². The normalized spacial score (nSPS) is 17.5. The highest BCUT2D eigenvalue weighted by Crippen LogP contribution is 2.34. The van der Waals surface area contributed by atoms with Crippen LogP contribution in [-0.4, -0.2) is 45.3 Å². The van der Waals surface area contributed by atoms with Crippen LogP contribution in [0.1, 0.15) is 35.2 Å². The SMILES string of the molecule is COC(=O)C1=C(C(=O)OC)N(c2cccc3c2CCCCC3=O)COC1. The van der Waals surface area contributed by atoms with Crippen LogP contribution in [0, 0.1) is 0 Å². The van der Waals surface area contributed by atoms with E-state index < -0.39 is 11.9 Å². The van der Waals surface area contributed by atoms with Crippen molar-refractivity contribution in [3.8, 4) is 0 Å². The first-order valence-electron chi connectivity index (χ1n) is 8.48. The molecule has 1 aliphatic heterocycles. The number of nitrogens with zero attached hydrogens (tertiary/aromatic N) is 1. The first-order valence-corrected chi connectivity index (χ1v) is 8.48. The molecule has 0 bridgehead atoms. The number of ether oxygens (including phenoxy) is 3. The highest BCUT2D eigenvalue weighted by Gasteiger charge is 2.34. The van der Waals surface area contributed by atoms with Crippen molar-refractivity contribution in [3.05, 3.63) is 40.6 Å². The van der Waals surface area contributed by atoms with E-state index in [1.165, 1.54) is 14.2 Å². The quantitative estimate of drug-likeness (QED) is 0.603. The third-order valence-electron chi connectivity index (χ3n) is 4.66. The van der Waals surface area contributed by atoms with E-state index in [0.29, 0.717) is 17.7 Å². The second kappa shape index (κ2) is 7.70. The molecule has 1 aromatic rings. The average molecular weight is 359 g/mol. The van der Waals surface area contributed by atoms with Gasteiger partial charge < -0.3 is 19.1 Å². The molecule has 26 heavy (non-hydrogen) atoms. The topological polar surface area (TPSA) is 82.1 Å². The van der Waals surface area contributed by atoms with Crippen molar-refractivity contribution in [1.82, 2.24) is 0 Å². The Balaban J connectivity index is 2.16. The second-order valence-corrected chi connectivity index (χ2v) is 6.15. The number of esters is 2. The summed E-state index contributed by atoms with van der Waals surface area (Å²) in [5, 5.41) is 0. The molecule has 0 aromatic heterocycles. The van der Waals surface area contributed by atoms with Crippen molar-refractivity contribution in [2.45, 2.75) is 25.7 Å². The standard InChI is InChI=1S/C19H21NO6/c1-24-18(22)14-10-26-11-20(17(14)19(23)25-2)15-8-5-7-13-12(15)6-3-4-9-16(13)21/h5,7-8H,3-4,6,9-11H2,1-2H3. The van der Waals surface area contributed by atoms with Gasteiger partial charge in [0.15, 0.2) is 5.78 Å². The van der Waals surface area contributed by atoms with Crippen LogP contribution in [0.4, 0.5) is 5.69 Å². The number of benzene rings is 1. The Kier molecular flexibility index (Phi) is 5.37. The molecular formula is C19H21NO6. The summed E-state index contributed by atoms with van der Waals surface area (Å²) < 4.78 is 15.2. The molecule has 0 unspecified atom stereocenters. The maximum Gasteiger partial charge on any atom is 0.355 e. The van der Waals surface area contributed by atoms with Gasteiger partial charge in [0.2, 0.25) is 0 Å². The fraction of sp³-hybridized carbons (Fsp3) is 0.421. The number of carbonyl (C=O) groups excluding carboxylic acids is 3. The number of rotatable bonds is 3. The fourth-order valence-corrected chi connectivity index (χ4v) is 3.41. The Morgan fingerprint density at radius 1 is 1.08 bits per heavy atom. The number of methoxy groups -OCH3 is 2. The maximum absolute atomic E-state index is 12.4. The number of Topliss-reactive ketones (excluding diaryl/α,β-unsaturated/α-hetero) is 1. The number of carbonyl (C=O) groups is 3. The zero-order chi connectivity index (χ0) is 18.7. The molecule has 0 atom stereocenters. The Morgan fingerprint density at radius 2 is 1.81 bits per heavy atom. The van der Waals surface area contributed by atoms with E-state index in [2.05, 4.69) is 0 Å². The van der Waals surface area contributed by atoms with E-state index in [-0.39, 0.29) is 30.4 Å². The lowest BCUT2D eigenvalue weighted by molar-refractivity contribution is -0.140. The number of ketones is 1. The van der Waals surface area contributed by atoms with E-state index >= 15 is 0 Å². The largest absolute Gasteiger partial charge is 0.466 e. The van der Waals surface area contributed by atoms with Gasteiger partial charge in [-0.1, -0.05) is 12.1 Å². The summed E-state index contributed by atoms with van der Waals surface area (Å²) in [4.78, 5) is 38.6. The molecule has 0 N–H and O–H groups in total. The lowest BCUT2D eigenvalue weighted by Gasteiger charge is -2.33. The highest BCUT2D eigenvalue weighted by atomic mass is 16.5. The first kappa shape index (κ1) is 18.1. The van der Waals surface area contributed by atoms with Gasteiger partial charge in [0.05, 0.1) is 26.4 Å². The number of fused-ring (bicyclic) bond motifs is 1. The van der Waals surface area contributed by atoms with E-state index in [1.54, 1.807) is 17.0 Å². The molecule has 0 fully saturated rings. The lowest BCUT2D eigenvalue weighted by Crippen LogP contribution is -2.39. The third-order valence-corrected chi connectivity index (χ3v) is 4.66. The minimum atomic E-state index is -0.647. The van der Waals surface area contributed by atoms with Crippen LogP contribution in [0.5, 0.6) is 0 Å². The highest BCUT2D eigenvalue weighted by molar-refractivity contribution is 6.04. The van der Waals surface area contributed by atoms with Gasteiger partial charge in [-0.3, -0.25) is 4.79 Å². The van der Waals surface area contributed by atoms with Crippen LogP contribution in [-0.2, 0) is 30.2 Å². The van der Waals surface area contributed by atoms with Crippen LogP contribution in [0.3, 0.4) is 0 Å². The van der Waals surface area contributed by atoms with Gasteiger partial charge in [0.1, 0.15) is 12.4 Å². The Bertz CT molecular complexity index is 782. The fourth-order valence-electron chi connectivity index (χ4n) is 3.41. The maximum atomic E-state index is 12.4. The van der Waals surface area contributed by atoms with Crippen molar-refractivity contribution in [2.75, 3.05) is 32.5 Å². The molecule has 1 heterocycles. The van der Waals surface area contributed by atoms with Crippen molar-refractivity contribution in [2.24, 2.45) is 0 Å². The number of hydrogen-bond donors (Lipinski definition) is 0. The Morgan fingerprint density at radius 3 is 2.54 bits per heavy atom. The van der Waals surface area contributed by atoms with E-state index in [1.807, 2.05) is 6.07 Å². The molecule has 0 amide bonds. The molecule has 7 nitrogen and oxygen atoms in total. The molecule has 138 valence electrons. The molecule has 1 aliphatic carbocycles. The molecular weight excluding hydrogens is 338 g/mol. The summed E-state index contributed by atoms with van der Waals surface area (Å²) >= 11 is 0. The van der Waals surface area contributed by atoms with Gasteiger partial charge in [-0.2, -0.15) is 0 Å². The molecule has 0 spiro atoms. The van der Waals surface area contributed by atoms with Crippen LogP contribution >= 0.6 is 0 Å². The molecule has 2 aliphatic rings. The molecule has 0 saturated heterocycles. The smallest absolute Gasteiger partial charge is 0.355 e. The van der Waals surface area contributed by atoms with Gasteiger partial charge in [-0.05, 0) is 30.9 Å². The minimum absolute atomic E-state index is 0.0401.